The highest BCUT2D eigenvalue weighted by molar-refractivity contribution is 6.27. The minimum atomic E-state index is -0.0162. The SMILES string of the molecule is CCOc1ccnc(N2CCCN(C(=O)CCl)CC2)n1. The molecule has 0 N–H and O–H groups in total. The lowest BCUT2D eigenvalue weighted by molar-refractivity contribution is -0.128. The Morgan fingerprint density at radius 1 is 1.40 bits per heavy atom. The van der Waals surface area contributed by atoms with Gasteiger partial charge in [0, 0.05) is 38.4 Å². The average molecular weight is 299 g/mol. The first-order valence-electron chi connectivity index (χ1n) is 6.79. The Balaban J connectivity index is 2.02. The number of amides is 1. The largest absolute Gasteiger partial charge is 0.478 e. The number of alkyl halides is 1. The minimum absolute atomic E-state index is 0.0162. The fourth-order valence-electron chi connectivity index (χ4n) is 2.16. The first-order valence-corrected chi connectivity index (χ1v) is 7.32. The van der Waals surface area contributed by atoms with Gasteiger partial charge in [-0.25, -0.2) is 4.98 Å². The summed E-state index contributed by atoms with van der Waals surface area (Å²) in [7, 11) is 0. The first-order chi connectivity index (χ1) is 9.74. The molecule has 1 saturated heterocycles. The number of hydrogen-bond donors (Lipinski definition) is 0. The maximum absolute atomic E-state index is 11.6. The lowest BCUT2D eigenvalue weighted by Gasteiger charge is -2.21. The van der Waals surface area contributed by atoms with Crippen molar-refractivity contribution in [1.29, 1.82) is 0 Å². The van der Waals surface area contributed by atoms with Crippen LogP contribution in [0.4, 0.5) is 5.95 Å². The van der Waals surface area contributed by atoms with E-state index in [1.54, 1.807) is 17.2 Å². The van der Waals surface area contributed by atoms with E-state index in [1.807, 2.05) is 6.92 Å². The van der Waals surface area contributed by atoms with Crippen molar-refractivity contribution in [2.45, 2.75) is 13.3 Å². The van der Waals surface area contributed by atoms with E-state index in [0.717, 1.165) is 19.5 Å². The number of halogens is 1. The molecule has 0 aromatic carbocycles. The Labute approximate surface area is 123 Å². The monoisotopic (exact) mass is 298 g/mol. The number of rotatable bonds is 4. The summed E-state index contributed by atoms with van der Waals surface area (Å²) in [6.45, 7) is 5.40. The Morgan fingerprint density at radius 2 is 2.25 bits per heavy atom. The van der Waals surface area contributed by atoms with Gasteiger partial charge in [0.15, 0.2) is 0 Å². The Kier molecular flexibility index (Phi) is 5.40. The third-order valence-electron chi connectivity index (χ3n) is 3.16. The van der Waals surface area contributed by atoms with E-state index in [4.69, 9.17) is 16.3 Å². The molecule has 0 bridgehead atoms. The van der Waals surface area contributed by atoms with Gasteiger partial charge in [-0.05, 0) is 13.3 Å². The zero-order valence-electron chi connectivity index (χ0n) is 11.6. The molecule has 20 heavy (non-hydrogen) atoms. The molecule has 0 radical (unpaired) electrons. The fourth-order valence-corrected chi connectivity index (χ4v) is 2.33. The molecule has 2 rings (SSSR count). The molecule has 7 heteroatoms. The van der Waals surface area contributed by atoms with Gasteiger partial charge in [-0.3, -0.25) is 4.79 Å². The van der Waals surface area contributed by atoms with Crippen LogP contribution in [-0.2, 0) is 4.79 Å². The Bertz CT molecular complexity index is 458. The van der Waals surface area contributed by atoms with Crippen LogP contribution in [0.1, 0.15) is 13.3 Å². The quantitative estimate of drug-likeness (QED) is 0.781. The topological polar surface area (TPSA) is 58.6 Å². The molecule has 1 fully saturated rings. The van der Waals surface area contributed by atoms with Crippen LogP contribution < -0.4 is 9.64 Å². The van der Waals surface area contributed by atoms with E-state index in [0.29, 0.717) is 31.5 Å². The summed E-state index contributed by atoms with van der Waals surface area (Å²) in [5, 5.41) is 0. The molecule has 0 atom stereocenters. The third-order valence-corrected chi connectivity index (χ3v) is 3.38. The molecule has 0 saturated carbocycles. The highest BCUT2D eigenvalue weighted by atomic mass is 35.5. The molecule has 1 aromatic rings. The van der Waals surface area contributed by atoms with Crippen molar-refractivity contribution in [3.05, 3.63) is 12.3 Å². The predicted molar refractivity (Wildman–Crippen MR) is 77.3 cm³/mol. The number of hydrogen-bond acceptors (Lipinski definition) is 5. The van der Waals surface area contributed by atoms with Crippen LogP contribution in [0, 0.1) is 0 Å². The summed E-state index contributed by atoms with van der Waals surface area (Å²) in [6, 6.07) is 1.74. The second kappa shape index (κ2) is 7.28. The van der Waals surface area contributed by atoms with Crippen LogP contribution in [0.3, 0.4) is 0 Å². The molecule has 0 spiro atoms. The van der Waals surface area contributed by atoms with Crippen LogP contribution in [0.2, 0.25) is 0 Å². The van der Waals surface area contributed by atoms with E-state index in [2.05, 4.69) is 14.9 Å². The van der Waals surface area contributed by atoms with Crippen molar-refractivity contribution in [2.24, 2.45) is 0 Å². The number of aromatic nitrogens is 2. The van der Waals surface area contributed by atoms with Crippen LogP contribution >= 0.6 is 11.6 Å². The maximum atomic E-state index is 11.6. The standard InChI is InChI=1S/C13H19ClN4O2/c1-2-20-11-4-5-15-13(16-11)18-7-3-6-17(8-9-18)12(19)10-14/h4-5H,2-3,6-10H2,1H3. The molecule has 6 nitrogen and oxygen atoms in total. The summed E-state index contributed by atoms with van der Waals surface area (Å²) < 4.78 is 5.39. The normalized spacial score (nSPS) is 15.9. The van der Waals surface area contributed by atoms with Gasteiger partial charge < -0.3 is 14.5 Å². The zero-order valence-corrected chi connectivity index (χ0v) is 12.3. The van der Waals surface area contributed by atoms with Gasteiger partial charge in [0.1, 0.15) is 5.88 Å². The lowest BCUT2D eigenvalue weighted by atomic mass is 10.4. The molecular formula is C13H19ClN4O2. The zero-order chi connectivity index (χ0) is 14.4. The first kappa shape index (κ1) is 14.8. The van der Waals surface area contributed by atoms with E-state index in [1.165, 1.54) is 0 Å². The number of anilines is 1. The van der Waals surface area contributed by atoms with Gasteiger partial charge in [-0.15, -0.1) is 11.6 Å². The summed E-state index contributed by atoms with van der Waals surface area (Å²) in [6.07, 6.45) is 2.57. The number of nitrogens with zero attached hydrogens (tertiary/aromatic N) is 4. The maximum Gasteiger partial charge on any atom is 0.237 e. The van der Waals surface area contributed by atoms with Crippen molar-refractivity contribution in [1.82, 2.24) is 14.9 Å². The number of carbonyl (C=O) groups excluding carboxylic acids is 1. The lowest BCUT2D eigenvalue weighted by Crippen LogP contribution is -2.36. The van der Waals surface area contributed by atoms with E-state index in [-0.39, 0.29) is 11.8 Å². The van der Waals surface area contributed by atoms with Crippen molar-refractivity contribution in [3.8, 4) is 5.88 Å². The van der Waals surface area contributed by atoms with Gasteiger partial charge in [-0.2, -0.15) is 4.98 Å². The molecule has 110 valence electrons. The Morgan fingerprint density at radius 3 is 3.00 bits per heavy atom. The van der Waals surface area contributed by atoms with E-state index < -0.39 is 0 Å². The van der Waals surface area contributed by atoms with E-state index in [9.17, 15) is 4.79 Å². The summed E-state index contributed by atoms with van der Waals surface area (Å²) in [4.78, 5) is 24.2. The smallest absolute Gasteiger partial charge is 0.237 e. The van der Waals surface area contributed by atoms with Crippen molar-refractivity contribution >= 4 is 23.5 Å². The van der Waals surface area contributed by atoms with Crippen LogP contribution in [0.25, 0.3) is 0 Å². The fraction of sp³-hybridized carbons (Fsp3) is 0.615. The van der Waals surface area contributed by atoms with Gasteiger partial charge in [0.25, 0.3) is 0 Å². The predicted octanol–water partition coefficient (Wildman–Crippen LogP) is 1.15. The van der Waals surface area contributed by atoms with Gasteiger partial charge in [0.05, 0.1) is 6.61 Å². The molecule has 1 aromatic heterocycles. The van der Waals surface area contributed by atoms with Crippen LogP contribution in [0.5, 0.6) is 5.88 Å². The number of ether oxygens (including phenoxy) is 1. The van der Waals surface area contributed by atoms with Crippen molar-refractivity contribution < 1.29 is 9.53 Å². The summed E-state index contributed by atoms with van der Waals surface area (Å²) in [5.41, 5.74) is 0. The van der Waals surface area contributed by atoms with Gasteiger partial charge in [-0.1, -0.05) is 0 Å². The van der Waals surface area contributed by atoms with Crippen molar-refractivity contribution in [2.75, 3.05) is 43.6 Å². The van der Waals surface area contributed by atoms with Crippen molar-refractivity contribution in [3.63, 3.8) is 0 Å². The molecule has 0 unspecified atom stereocenters. The molecule has 0 aliphatic carbocycles. The average Bonchev–Trinajstić information content (AvgIpc) is 2.73. The van der Waals surface area contributed by atoms with Crippen LogP contribution in [0.15, 0.2) is 12.3 Å². The molecule has 1 aliphatic rings. The highest BCUT2D eigenvalue weighted by Crippen LogP contribution is 2.15. The van der Waals surface area contributed by atoms with E-state index >= 15 is 0 Å². The summed E-state index contributed by atoms with van der Waals surface area (Å²) >= 11 is 5.60. The molecular weight excluding hydrogens is 280 g/mol. The molecule has 1 amide bonds. The molecule has 2 heterocycles. The van der Waals surface area contributed by atoms with Crippen LogP contribution in [-0.4, -0.2) is 59.4 Å². The van der Waals surface area contributed by atoms with Gasteiger partial charge >= 0.3 is 0 Å². The second-order valence-electron chi connectivity index (χ2n) is 4.48. The Hall–Kier alpha value is -1.56. The van der Waals surface area contributed by atoms with Gasteiger partial charge in [0.2, 0.25) is 17.7 Å². The molecule has 1 aliphatic heterocycles. The number of carbonyl (C=O) groups is 1. The second-order valence-corrected chi connectivity index (χ2v) is 4.75. The summed E-state index contributed by atoms with van der Waals surface area (Å²) in [5.74, 6) is 1.25. The minimum Gasteiger partial charge on any atom is -0.478 e. The highest BCUT2D eigenvalue weighted by Gasteiger charge is 2.20. The third kappa shape index (κ3) is 3.72.